The number of carbonyl (C=O) groups excluding carboxylic acids is 1. The van der Waals surface area contributed by atoms with Crippen LogP contribution >= 0.6 is 15.9 Å². The Hall–Kier alpha value is -1.89. The summed E-state index contributed by atoms with van der Waals surface area (Å²) in [6.07, 6.45) is 3.10. The van der Waals surface area contributed by atoms with Gasteiger partial charge in [-0.3, -0.25) is 9.48 Å². The van der Waals surface area contributed by atoms with Crippen molar-refractivity contribution >= 4 is 33.3 Å². The van der Waals surface area contributed by atoms with Crippen molar-refractivity contribution < 1.29 is 4.79 Å². The van der Waals surface area contributed by atoms with E-state index < -0.39 is 0 Å². The summed E-state index contributed by atoms with van der Waals surface area (Å²) in [5, 5.41) is 6.78. The zero-order valence-corrected chi connectivity index (χ0v) is 12.2. The summed E-state index contributed by atoms with van der Waals surface area (Å²) in [5.41, 5.74) is 7.34. The Balaban J connectivity index is 2.28. The van der Waals surface area contributed by atoms with Gasteiger partial charge in [0.15, 0.2) is 0 Å². The molecule has 0 saturated heterocycles. The molecule has 0 bridgehead atoms. The fourth-order valence-corrected chi connectivity index (χ4v) is 2.17. The summed E-state index contributed by atoms with van der Waals surface area (Å²) < 4.78 is 2.42. The van der Waals surface area contributed by atoms with Gasteiger partial charge in [0.05, 0.1) is 11.9 Å². The number of nitrogens with zero attached hydrogens (tertiary/aromatic N) is 3. The molecule has 19 heavy (non-hydrogen) atoms. The number of nitrogens with one attached hydrogen (secondary N) is 1. The zero-order valence-electron chi connectivity index (χ0n) is 10.6. The van der Waals surface area contributed by atoms with Crippen LogP contribution in [0.25, 0.3) is 0 Å². The molecule has 0 aromatic carbocycles. The normalized spacial score (nSPS) is 10.5. The van der Waals surface area contributed by atoms with Crippen LogP contribution in [0.15, 0.2) is 22.9 Å². The number of hydrogen-bond acceptors (Lipinski definition) is 4. The Morgan fingerprint density at radius 3 is 2.89 bits per heavy atom. The molecule has 0 unspecified atom stereocenters. The Morgan fingerprint density at radius 1 is 1.53 bits per heavy atom. The van der Waals surface area contributed by atoms with Gasteiger partial charge in [-0.15, -0.1) is 0 Å². The number of carbonyl (C=O) groups is 1. The highest BCUT2D eigenvalue weighted by molar-refractivity contribution is 9.10. The first-order valence-electron chi connectivity index (χ1n) is 5.77. The average molecular weight is 324 g/mol. The summed E-state index contributed by atoms with van der Waals surface area (Å²) in [6.45, 7) is 4.34. The van der Waals surface area contributed by atoms with Crippen LogP contribution < -0.4 is 11.1 Å². The minimum Gasteiger partial charge on any atom is -0.396 e. The first-order chi connectivity index (χ1) is 9.02. The molecule has 6 nitrogen and oxygen atoms in total. The summed E-state index contributed by atoms with van der Waals surface area (Å²) >= 11 is 3.33. The predicted octanol–water partition coefficient (Wildman–Crippen LogP) is 2.20. The van der Waals surface area contributed by atoms with E-state index in [1.54, 1.807) is 10.9 Å². The van der Waals surface area contributed by atoms with Gasteiger partial charge in [-0.1, -0.05) is 0 Å². The van der Waals surface area contributed by atoms with Crippen LogP contribution in [0.5, 0.6) is 0 Å². The van der Waals surface area contributed by atoms with Crippen LogP contribution in [0.3, 0.4) is 0 Å². The Bertz CT molecular complexity index is 623. The van der Waals surface area contributed by atoms with Gasteiger partial charge in [-0.05, 0) is 41.4 Å². The fourth-order valence-electron chi connectivity index (χ4n) is 1.73. The molecule has 0 aliphatic carbocycles. The molecule has 3 N–H and O–H groups in total. The van der Waals surface area contributed by atoms with E-state index in [2.05, 4.69) is 31.3 Å². The quantitative estimate of drug-likeness (QED) is 0.906. The maximum absolute atomic E-state index is 12.2. The lowest BCUT2D eigenvalue weighted by Crippen LogP contribution is -2.20. The predicted molar refractivity (Wildman–Crippen MR) is 76.9 cm³/mol. The molecule has 1 amide bonds. The van der Waals surface area contributed by atoms with Crippen LogP contribution in [-0.2, 0) is 6.54 Å². The van der Waals surface area contributed by atoms with Crippen molar-refractivity contribution in [3.05, 3.63) is 34.2 Å². The largest absolute Gasteiger partial charge is 0.396 e. The molecule has 0 saturated carbocycles. The molecule has 2 rings (SSSR count). The van der Waals surface area contributed by atoms with Gasteiger partial charge in [0.1, 0.15) is 11.5 Å². The number of amides is 1. The molecule has 7 heteroatoms. The molecule has 0 radical (unpaired) electrons. The summed E-state index contributed by atoms with van der Waals surface area (Å²) in [7, 11) is 0. The highest BCUT2D eigenvalue weighted by atomic mass is 79.9. The lowest BCUT2D eigenvalue weighted by Gasteiger charge is -2.09. The highest BCUT2D eigenvalue weighted by Crippen LogP contribution is 2.19. The summed E-state index contributed by atoms with van der Waals surface area (Å²) in [5.74, 6) is 0.200. The van der Waals surface area contributed by atoms with Gasteiger partial charge in [0, 0.05) is 17.2 Å². The fraction of sp³-hybridized carbons (Fsp3) is 0.250. The molecule has 0 aliphatic heterocycles. The van der Waals surface area contributed by atoms with E-state index in [-0.39, 0.29) is 5.91 Å². The number of hydrogen-bond donors (Lipinski definition) is 2. The monoisotopic (exact) mass is 323 g/mol. The molecule has 0 fully saturated rings. The molecule has 0 atom stereocenters. The van der Waals surface area contributed by atoms with Crippen LogP contribution in [-0.4, -0.2) is 20.7 Å². The number of pyridine rings is 1. The third-order valence-electron chi connectivity index (χ3n) is 2.66. The van der Waals surface area contributed by atoms with Gasteiger partial charge in [0.25, 0.3) is 5.91 Å². The SMILES string of the molecule is CCn1ncc(N)c1C(=O)Nc1ncc(Br)cc1C. The lowest BCUT2D eigenvalue weighted by molar-refractivity contribution is 0.101. The molecule has 100 valence electrons. The van der Waals surface area contributed by atoms with Gasteiger partial charge < -0.3 is 11.1 Å². The second kappa shape index (κ2) is 5.40. The van der Waals surface area contributed by atoms with E-state index >= 15 is 0 Å². The molecule has 2 aromatic rings. The Morgan fingerprint density at radius 2 is 2.26 bits per heavy atom. The van der Waals surface area contributed by atoms with Gasteiger partial charge in [-0.2, -0.15) is 5.10 Å². The number of halogens is 1. The van der Waals surface area contributed by atoms with E-state index in [9.17, 15) is 4.79 Å². The average Bonchev–Trinajstić information content (AvgIpc) is 2.74. The van der Waals surface area contributed by atoms with Gasteiger partial charge in [-0.25, -0.2) is 4.98 Å². The minimum absolute atomic E-state index is 0.310. The molecule has 2 aromatic heterocycles. The van der Waals surface area contributed by atoms with Gasteiger partial charge in [0.2, 0.25) is 0 Å². The van der Waals surface area contributed by atoms with Crippen LogP contribution in [0.2, 0.25) is 0 Å². The minimum atomic E-state index is -0.310. The van der Waals surface area contributed by atoms with Crippen molar-refractivity contribution in [1.82, 2.24) is 14.8 Å². The number of aromatic nitrogens is 3. The van der Waals surface area contributed by atoms with Crippen molar-refractivity contribution in [2.45, 2.75) is 20.4 Å². The van der Waals surface area contributed by atoms with Crippen LogP contribution in [0, 0.1) is 6.92 Å². The number of nitrogens with two attached hydrogens (primary N) is 1. The number of anilines is 2. The molecular weight excluding hydrogens is 310 g/mol. The van der Waals surface area contributed by atoms with Crippen LogP contribution in [0.4, 0.5) is 11.5 Å². The molecule has 0 aliphatic rings. The van der Waals surface area contributed by atoms with Crippen molar-refractivity contribution in [2.24, 2.45) is 0 Å². The second-order valence-corrected chi connectivity index (χ2v) is 4.95. The van der Waals surface area contributed by atoms with Gasteiger partial charge >= 0.3 is 0 Å². The number of rotatable bonds is 3. The lowest BCUT2D eigenvalue weighted by atomic mass is 10.2. The highest BCUT2D eigenvalue weighted by Gasteiger charge is 2.17. The van der Waals surface area contributed by atoms with Crippen molar-refractivity contribution in [3.63, 3.8) is 0 Å². The standard InChI is InChI=1S/C12H14BrN5O/c1-3-18-10(9(14)6-16-18)12(19)17-11-7(2)4-8(13)5-15-11/h4-6H,3,14H2,1-2H3,(H,15,17,19). The Labute approximate surface area is 119 Å². The number of nitrogen functional groups attached to an aromatic ring is 1. The van der Waals surface area contributed by atoms with Crippen molar-refractivity contribution in [3.8, 4) is 0 Å². The van der Waals surface area contributed by atoms with Crippen LogP contribution in [0.1, 0.15) is 23.0 Å². The maximum atomic E-state index is 12.2. The van der Waals surface area contributed by atoms with E-state index in [0.29, 0.717) is 23.7 Å². The molecule has 0 spiro atoms. The summed E-state index contributed by atoms with van der Waals surface area (Å²) in [6, 6.07) is 1.88. The first-order valence-corrected chi connectivity index (χ1v) is 6.57. The van der Waals surface area contributed by atoms with E-state index in [1.165, 1.54) is 6.20 Å². The van der Waals surface area contributed by atoms with E-state index in [4.69, 9.17) is 5.73 Å². The van der Waals surface area contributed by atoms with E-state index in [1.807, 2.05) is 19.9 Å². The van der Waals surface area contributed by atoms with E-state index in [0.717, 1.165) is 10.0 Å². The van der Waals surface area contributed by atoms with Crippen molar-refractivity contribution in [2.75, 3.05) is 11.1 Å². The zero-order chi connectivity index (χ0) is 14.0. The Kier molecular flexibility index (Phi) is 3.84. The first kappa shape index (κ1) is 13.5. The van der Waals surface area contributed by atoms with Crippen molar-refractivity contribution in [1.29, 1.82) is 0 Å². The smallest absolute Gasteiger partial charge is 0.277 e. The molecular formula is C12H14BrN5O. The number of aryl methyl sites for hydroxylation is 2. The third-order valence-corrected chi connectivity index (χ3v) is 3.09. The maximum Gasteiger partial charge on any atom is 0.277 e. The molecule has 2 heterocycles. The second-order valence-electron chi connectivity index (χ2n) is 4.04. The third kappa shape index (κ3) is 2.76. The summed E-state index contributed by atoms with van der Waals surface area (Å²) in [4.78, 5) is 16.4. The topological polar surface area (TPSA) is 85.8 Å².